The number of hydrogen-bond acceptors (Lipinski definition) is 3. The van der Waals surface area contributed by atoms with Gasteiger partial charge >= 0.3 is 0 Å². The van der Waals surface area contributed by atoms with Gasteiger partial charge in [-0.2, -0.15) is 0 Å². The molecule has 0 spiro atoms. The van der Waals surface area contributed by atoms with Gasteiger partial charge in [-0.3, -0.25) is 4.79 Å². The van der Waals surface area contributed by atoms with Crippen LogP contribution in [0.5, 0.6) is 11.5 Å². The lowest BCUT2D eigenvalue weighted by Gasteiger charge is -2.04. The molecule has 0 bridgehead atoms. The number of phenolic OH excluding ortho intramolecular Hbond substituents is 2. The summed E-state index contributed by atoms with van der Waals surface area (Å²) < 4.78 is 0. The Morgan fingerprint density at radius 3 is 2.00 bits per heavy atom. The fourth-order valence-electron chi connectivity index (χ4n) is 3.39. The van der Waals surface area contributed by atoms with E-state index < -0.39 is 0 Å². The number of aromatic hydroxyl groups is 2. The van der Waals surface area contributed by atoms with Gasteiger partial charge in [0.05, 0.1) is 0 Å². The molecule has 0 heterocycles. The lowest BCUT2D eigenvalue weighted by molar-refractivity contribution is -0.116. The number of unbranched alkanes of at least 4 members (excludes halogenated alkanes) is 9. The van der Waals surface area contributed by atoms with Crippen LogP contribution in [-0.4, -0.2) is 22.7 Å². The largest absolute Gasteiger partial charge is 0.504 e. The second-order valence-electron chi connectivity index (χ2n) is 8.42. The van der Waals surface area contributed by atoms with E-state index in [1.54, 1.807) is 12.1 Å². The molecule has 0 saturated heterocycles. The van der Waals surface area contributed by atoms with E-state index in [0.29, 0.717) is 13.0 Å². The number of benzene rings is 1. The van der Waals surface area contributed by atoms with Gasteiger partial charge in [0.2, 0.25) is 5.91 Å². The highest BCUT2D eigenvalue weighted by Gasteiger charge is 2.01. The maximum absolute atomic E-state index is 11.8. The Kier molecular flexibility index (Phi) is 17.6. The number of nitrogens with one attached hydrogen (secondary N) is 1. The Morgan fingerprint density at radius 1 is 0.765 bits per heavy atom. The highest BCUT2D eigenvalue weighted by atomic mass is 16.3. The lowest BCUT2D eigenvalue weighted by Crippen LogP contribution is -2.23. The van der Waals surface area contributed by atoms with E-state index in [4.69, 9.17) is 0 Å². The standard InChI is InChI=1S/C30H43NO3/c1-2-3-4-5-6-7-8-9-10-11-12-13-14-15-16-17-18-19-20-21-30(34)31-25-24-27-22-23-28(32)29(33)26-27/h12-23,26,32-33H,2-11,24-25H2,1H3,(H,31,34). The van der Waals surface area contributed by atoms with E-state index in [2.05, 4.69) is 24.4 Å². The average Bonchev–Trinajstić information content (AvgIpc) is 2.83. The van der Waals surface area contributed by atoms with Crippen molar-refractivity contribution in [3.63, 3.8) is 0 Å². The average molecular weight is 466 g/mol. The van der Waals surface area contributed by atoms with Crippen LogP contribution in [0.1, 0.15) is 76.7 Å². The molecule has 0 saturated carbocycles. The predicted octanol–water partition coefficient (Wildman–Crippen LogP) is 7.46. The SMILES string of the molecule is CCCCCCCCCCCC=CC=CC=CC=CC=CC(=O)NCCc1ccc(O)c(O)c1. The Morgan fingerprint density at radius 2 is 1.35 bits per heavy atom. The third-order valence-electron chi connectivity index (χ3n) is 5.39. The van der Waals surface area contributed by atoms with Crippen molar-refractivity contribution in [1.82, 2.24) is 5.32 Å². The van der Waals surface area contributed by atoms with E-state index in [9.17, 15) is 15.0 Å². The first-order valence-corrected chi connectivity index (χ1v) is 12.8. The van der Waals surface area contributed by atoms with Crippen molar-refractivity contribution in [2.24, 2.45) is 0 Å². The fourth-order valence-corrected chi connectivity index (χ4v) is 3.39. The van der Waals surface area contributed by atoms with Gasteiger partial charge in [-0.05, 0) is 37.0 Å². The van der Waals surface area contributed by atoms with Crippen molar-refractivity contribution < 1.29 is 15.0 Å². The van der Waals surface area contributed by atoms with Gasteiger partial charge < -0.3 is 15.5 Å². The molecule has 1 aromatic rings. The Labute approximate surface area is 206 Å². The minimum Gasteiger partial charge on any atom is -0.504 e. The zero-order chi connectivity index (χ0) is 24.7. The summed E-state index contributed by atoms with van der Waals surface area (Å²) in [6.07, 6.45) is 33.1. The van der Waals surface area contributed by atoms with Crippen molar-refractivity contribution in [1.29, 1.82) is 0 Å². The summed E-state index contributed by atoms with van der Waals surface area (Å²) >= 11 is 0. The van der Waals surface area contributed by atoms with Crippen LogP contribution in [0, 0.1) is 0 Å². The van der Waals surface area contributed by atoms with Crippen molar-refractivity contribution in [2.75, 3.05) is 6.54 Å². The fraction of sp³-hybridized carbons (Fsp3) is 0.433. The van der Waals surface area contributed by atoms with Gasteiger partial charge in [0, 0.05) is 12.6 Å². The highest BCUT2D eigenvalue weighted by Crippen LogP contribution is 2.24. The smallest absolute Gasteiger partial charge is 0.243 e. The summed E-state index contributed by atoms with van der Waals surface area (Å²) in [5.41, 5.74) is 0.844. The maximum atomic E-state index is 11.8. The van der Waals surface area contributed by atoms with E-state index in [1.807, 2.05) is 36.5 Å². The number of allylic oxidation sites excluding steroid dienone is 9. The van der Waals surface area contributed by atoms with Crippen LogP contribution in [0.15, 0.2) is 79.0 Å². The number of amides is 1. The molecule has 4 nitrogen and oxygen atoms in total. The molecule has 0 aliphatic carbocycles. The zero-order valence-corrected chi connectivity index (χ0v) is 20.8. The second kappa shape index (κ2) is 20.6. The van der Waals surface area contributed by atoms with Crippen LogP contribution in [-0.2, 0) is 11.2 Å². The van der Waals surface area contributed by atoms with Crippen LogP contribution < -0.4 is 5.32 Å². The van der Waals surface area contributed by atoms with E-state index in [0.717, 1.165) is 12.0 Å². The molecular formula is C30H43NO3. The topological polar surface area (TPSA) is 69.6 Å². The molecule has 1 amide bonds. The van der Waals surface area contributed by atoms with E-state index in [1.165, 1.54) is 76.0 Å². The van der Waals surface area contributed by atoms with Gasteiger partial charge in [-0.1, -0.05) is 119 Å². The summed E-state index contributed by atoms with van der Waals surface area (Å²) in [5, 5.41) is 21.5. The summed E-state index contributed by atoms with van der Waals surface area (Å²) in [4.78, 5) is 11.8. The number of carbonyl (C=O) groups excluding carboxylic acids is 1. The van der Waals surface area contributed by atoms with Gasteiger partial charge in [-0.15, -0.1) is 0 Å². The number of phenols is 2. The van der Waals surface area contributed by atoms with Crippen molar-refractivity contribution in [3.8, 4) is 11.5 Å². The van der Waals surface area contributed by atoms with Crippen molar-refractivity contribution >= 4 is 5.91 Å². The van der Waals surface area contributed by atoms with E-state index >= 15 is 0 Å². The number of hydrogen-bond donors (Lipinski definition) is 3. The molecule has 0 unspecified atom stereocenters. The summed E-state index contributed by atoms with van der Waals surface area (Å²) in [5.74, 6) is -0.469. The highest BCUT2D eigenvalue weighted by molar-refractivity contribution is 5.87. The Hall–Kier alpha value is -3.01. The zero-order valence-electron chi connectivity index (χ0n) is 20.8. The van der Waals surface area contributed by atoms with Crippen LogP contribution >= 0.6 is 0 Å². The van der Waals surface area contributed by atoms with Gasteiger partial charge in [0.1, 0.15) is 0 Å². The van der Waals surface area contributed by atoms with Crippen molar-refractivity contribution in [2.45, 2.75) is 77.6 Å². The third kappa shape index (κ3) is 16.6. The lowest BCUT2D eigenvalue weighted by atomic mass is 10.1. The number of rotatable bonds is 18. The molecule has 0 aromatic heterocycles. The first kappa shape index (κ1) is 29.0. The molecule has 186 valence electrons. The summed E-state index contributed by atoms with van der Waals surface area (Å²) in [6.45, 7) is 2.72. The molecule has 0 aliphatic rings. The Balaban J connectivity index is 2.03. The summed E-state index contributed by atoms with van der Waals surface area (Å²) in [6, 6.07) is 4.65. The van der Waals surface area contributed by atoms with E-state index in [-0.39, 0.29) is 17.4 Å². The minimum atomic E-state index is -0.173. The van der Waals surface area contributed by atoms with Crippen molar-refractivity contribution in [3.05, 3.63) is 84.5 Å². The quantitative estimate of drug-likeness (QED) is 0.0912. The van der Waals surface area contributed by atoms with Crippen LogP contribution in [0.3, 0.4) is 0 Å². The first-order valence-electron chi connectivity index (χ1n) is 12.8. The second-order valence-corrected chi connectivity index (χ2v) is 8.42. The van der Waals surface area contributed by atoms with Crippen LogP contribution in [0.4, 0.5) is 0 Å². The minimum absolute atomic E-state index is 0.146. The molecule has 1 aromatic carbocycles. The van der Waals surface area contributed by atoms with Gasteiger partial charge in [-0.25, -0.2) is 0 Å². The molecule has 1 rings (SSSR count). The molecule has 0 aliphatic heterocycles. The first-order chi connectivity index (χ1) is 16.6. The molecule has 4 heteroatoms. The van der Waals surface area contributed by atoms with Gasteiger partial charge in [0.15, 0.2) is 11.5 Å². The normalized spacial score (nSPS) is 12.3. The molecule has 0 atom stereocenters. The third-order valence-corrected chi connectivity index (χ3v) is 5.39. The molecule has 34 heavy (non-hydrogen) atoms. The van der Waals surface area contributed by atoms with Crippen LogP contribution in [0.2, 0.25) is 0 Å². The molecule has 3 N–H and O–H groups in total. The monoisotopic (exact) mass is 465 g/mol. The Bertz CT molecular complexity index is 818. The summed E-state index contributed by atoms with van der Waals surface area (Å²) in [7, 11) is 0. The molecule has 0 fully saturated rings. The molecular weight excluding hydrogens is 422 g/mol. The molecule has 0 radical (unpaired) electrons. The van der Waals surface area contributed by atoms with Crippen LogP contribution in [0.25, 0.3) is 0 Å². The predicted molar refractivity (Wildman–Crippen MR) is 144 cm³/mol. The van der Waals surface area contributed by atoms with Gasteiger partial charge in [0.25, 0.3) is 0 Å². The maximum Gasteiger partial charge on any atom is 0.243 e. The number of carbonyl (C=O) groups is 1.